The molecule has 116 valence electrons. The molecule has 0 saturated heterocycles. The average Bonchev–Trinajstić information content (AvgIpc) is 2.52. The Hall–Kier alpha value is -2.64. The minimum atomic E-state index is -0.641. The van der Waals surface area contributed by atoms with Gasteiger partial charge in [0.15, 0.2) is 6.10 Å². The largest absolute Gasteiger partial charge is 0.478 e. The van der Waals surface area contributed by atoms with Crippen LogP contribution in [0.2, 0.25) is 5.02 Å². The number of nitrogens with two attached hydrogens (primary N) is 1. The summed E-state index contributed by atoms with van der Waals surface area (Å²) in [6.45, 7) is 0.171. The summed E-state index contributed by atoms with van der Waals surface area (Å²) < 4.78 is 5.86. The number of hydrogen-bond acceptors (Lipinski definition) is 3. The van der Waals surface area contributed by atoms with Crippen molar-refractivity contribution in [2.75, 3.05) is 17.2 Å². The molecular formula is C18H15ClN2O2. The average molecular weight is 327 g/mol. The molecule has 0 aliphatic carbocycles. The van der Waals surface area contributed by atoms with Crippen LogP contribution in [0.15, 0.2) is 42.5 Å². The Balaban J connectivity index is 1.93. The standard InChI is InChI=1S/C18H15ClN2O2/c1-2-8-21-15-11-14(20)6-7-16(15)23-17(18(21)22)10-12-4-3-5-13(19)9-12/h1,3-7,9,11,17H,8,10,20H2. The number of hydrogen-bond donors (Lipinski definition) is 1. The lowest BCUT2D eigenvalue weighted by Crippen LogP contribution is -2.47. The zero-order valence-electron chi connectivity index (χ0n) is 12.3. The van der Waals surface area contributed by atoms with E-state index in [1.807, 2.05) is 18.2 Å². The molecule has 2 aromatic rings. The van der Waals surface area contributed by atoms with Crippen molar-refractivity contribution in [1.29, 1.82) is 0 Å². The number of carbonyl (C=O) groups excluding carboxylic acids is 1. The van der Waals surface area contributed by atoms with E-state index in [4.69, 9.17) is 28.5 Å². The maximum Gasteiger partial charge on any atom is 0.269 e. The van der Waals surface area contributed by atoms with E-state index in [1.165, 1.54) is 4.90 Å². The highest BCUT2D eigenvalue weighted by molar-refractivity contribution is 6.30. The van der Waals surface area contributed by atoms with Gasteiger partial charge in [0.05, 0.1) is 12.2 Å². The number of amides is 1. The highest BCUT2D eigenvalue weighted by Gasteiger charge is 2.34. The smallest absolute Gasteiger partial charge is 0.269 e. The Bertz CT molecular complexity index is 798. The normalized spacial score (nSPS) is 16.4. The molecule has 0 radical (unpaired) electrons. The minimum absolute atomic E-state index is 0.171. The quantitative estimate of drug-likeness (QED) is 0.697. The van der Waals surface area contributed by atoms with Gasteiger partial charge in [0.1, 0.15) is 5.75 Å². The lowest BCUT2D eigenvalue weighted by molar-refractivity contribution is -0.126. The van der Waals surface area contributed by atoms with Gasteiger partial charge in [0.2, 0.25) is 0 Å². The predicted octanol–water partition coefficient (Wildman–Crippen LogP) is 2.89. The predicted molar refractivity (Wildman–Crippen MR) is 91.6 cm³/mol. The molecule has 0 saturated carbocycles. The van der Waals surface area contributed by atoms with Crippen molar-refractivity contribution in [2.45, 2.75) is 12.5 Å². The first-order valence-electron chi connectivity index (χ1n) is 7.14. The molecule has 1 heterocycles. The van der Waals surface area contributed by atoms with Gasteiger partial charge in [0.25, 0.3) is 5.91 Å². The van der Waals surface area contributed by atoms with Gasteiger partial charge in [-0.1, -0.05) is 29.7 Å². The van der Waals surface area contributed by atoms with Gasteiger partial charge in [-0.25, -0.2) is 0 Å². The van der Waals surface area contributed by atoms with E-state index in [9.17, 15) is 4.79 Å². The zero-order valence-corrected chi connectivity index (χ0v) is 13.1. The van der Waals surface area contributed by atoms with E-state index in [-0.39, 0.29) is 12.5 Å². The van der Waals surface area contributed by atoms with E-state index >= 15 is 0 Å². The number of benzene rings is 2. The molecule has 1 atom stereocenters. The van der Waals surface area contributed by atoms with Crippen LogP contribution in [0.3, 0.4) is 0 Å². The number of anilines is 2. The molecule has 4 nitrogen and oxygen atoms in total. The number of terminal acetylenes is 1. The van der Waals surface area contributed by atoms with Crippen LogP contribution in [0.4, 0.5) is 11.4 Å². The van der Waals surface area contributed by atoms with Crippen LogP contribution >= 0.6 is 11.6 Å². The van der Waals surface area contributed by atoms with Crippen molar-refractivity contribution < 1.29 is 9.53 Å². The third-order valence-electron chi connectivity index (χ3n) is 3.64. The Morgan fingerprint density at radius 1 is 1.30 bits per heavy atom. The topological polar surface area (TPSA) is 55.6 Å². The van der Waals surface area contributed by atoms with E-state index in [0.29, 0.717) is 28.6 Å². The third kappa shape index (κ3) is 3.10. The molecule has 23 heavy (non-hydrogen) atoms. The van der Waals surface area contributed by atoms with Crippen LogP contribution in [0.25, 0.3) is 0 Å². The molecule has 1 aliphatic heterocycles. The second-order valence-electron chi connectivity index (χ2n) is 5.30. The lowest BCUT2D eigenvalue weighted by atomic mass is 10.0. The van der Waals surface area contributed by atoms with E-state index in [1.54, 1.807) is 24.3 Å². The first-order valence-corrected chi connectivity index (χ1v) is 7.52. The molecule has 0 bridgehead atoms. The highest BCUT2D eigenvalue weighted by Crippen LogP contribution is 2.36. The first-order chi connectivity index (χ1) is 11.1. The molecule has 0 fully saturated rings. The van der Waals surface area contributed by atoms with Gasteiger partial charge in [-0.2, -0.15) is 0 Å². The number of halogens is 1. The van der Waals surface area contributed by atoms with Gasteiger partial charge in [-0.3, -0.25) is 9.69 Å². The monoisotopic (exact) mass is 326 g/mol. The number of carbonyl (C=O) groups is 1. The van der Waals surface area contributed by atoms with E-state index < -0.39 is 6.10 Å². The summed E-state index contributed by atoms with van der Waals surface area (Å²) in [6, 6.07) is 12.6. The van der Waals surface area contributed by atoms with Gasteiger partial charge >= 0.3 is 0 Å². The number of rotatable bonds is 3. The highest BCUT2D eigenvalue weighted by atomic mass is 35.5. The van der Waals surface area contributed by atoms with Crippen LogP contribution < -0.4 is 15.4 Å². The molecule has 1 unspecified atom stereocenters. The summed E-state index contributed by atoms with van der Waals surface area (Å²) in [5.41, 5.74) is 7.89. The second kappa shape index (κ2) is 6.23. The van der Waals surface area contributed by atoms with Crippen molar-refractivity contribution in [2.24, 2.45) is 0 Å². The number of fused-ring (bicyclic) bond motifs is 1. The summed E-state index contributed by atoms with van der Waals surface area (Å²) in [5.74, 6) is 2.93. The number of nitrogen functional groups attached to an aromatic ring is 1. The lowest BCUT2D eigenvalue weighted by Gasteiger charge is -2.33. The first kappa shape index (κ1) is 15.3. The Labute approximate surface area is 139 Å². The summed E-state index contributed by atoms with van der Waals surface area (Å²) in [5, 5.41) is 0.624. The fourth-order valence-electron chi connectivity index (χ4n) is 2.60. The second-order valence-corrected chi connectivity index (χ2v) is 5.73. The minimum Gasteiger partial charge on any atom is -0.478 e. The maximum absolute atomic E-state index is 12.7. The van der Waals surface area contributed by atoms with Gasteiger partial charge in [0, 0.05) is 17.1 Å². The van der Waals surface area contributed by atoms with Crippen molar-refractivity contribution in [1.82, 2.24) is 0 Å². The number of nitrogens with zero attached hydrogens (tertiary/aromatic N) is 1. The summed E-state index contributed by atoms with van der Waals surface area (Å²) in [6.07, 6.45) is 5.18. The van der Waals surface area contributed by atoms with Gasteiger partial charge < -0.3 is 10.5 Å². The molecular weight excluding hydrogens is 312 g/mol. The van der Waals surface area contributed by atoms with Crippen molar-refractivity contribution in [3.8, 4) is 18.1 Å². The maximum atomic E-state index is 12.7. The zero-order chi connectivity index (χ0) is 16.4. The third-order valence-corrected chi connectivity index (χ3v) is 3.88. The van der Waals surface area contributed by atoms with Crippen LogP contribution in [-0.4, -0.2) is 18.6 Å². The molecule has 2 N–H and O–H groups in total. The molecule has 2 aromatic carbocycles. The number of ether oxygens (including phenoxy) is 1. The summed E-state index contributed by atoms with van der Waals surface area (Å²) in [7, 11) is 0. The molecule has 0 spiro atoms. The fraction of sp³-hybridized carbons (Fsp3) is 0.167. The molecule has 1 amide bonds. The van der Waals surface area contributed by atoms with E-state index in [2.05, 4.69) is 5.92 Å². The van der Waals surface area contributed by atoms with Gasteiger partial charge in [-0.15, -0.1) is 6.42 Å². The van der Waals surface area contributed by atoms with Gasteiger partial charge in [-0.05, 0) is 35.9 Å². The van der Waals surface area contributed by atoms with Crippen LogP contribution in [0.5, 0.6) is 5.75 Å². The van der Waals surface area contributed by atoms with Crippen molar-refractivity contribution >= 4 is 28.9 Å². The van der Waals surface area contributed by atoms with Crippen molar-refractivity contribution in [3.05, 3.63) is 53.1 Å². The summed E-state index contributed by atoms with van der Waals surface area (Å²) >= 11 is 6.00. The SMILES string of the molecule is C#CCN1C(=O)C(Cc2cccc(Cl)c2)Oc2ccc(N)cc21. The van der Waals surface area contributed by atoms with Crippen LogP contribution in [0.1, 0.15) is 5.56 Å². The molecule has 0 aromatic heterocycles. The molecule has 1 aliphatic rings. The van der Waals surface area contributed by atoms with Crippen LogP contribution in [-0.2, 0) is 11.2 Å². The van der Waals surface area contributed by atoms with Crippen LogP contribution in [0, 0.1) is 12.3 Å². The Kier molecular flexibility index (Phi) is 4.14. The summed E-state index contributed by atoms with van der Waals surface area (Å²) in [4.78, 5) is 14.2. The Morgan fingerprint density at radius 2 is 2.13 bits per heavy atom. The molecule has 5 heteroatoms. The molecule has 3 rings (SSSR count). The van der Waals surface area contributed by atoms with Crippen molar-refractivity contribution in [3.63, 3.8) is 0 Å². The van der Waals surface area contributed by atoms with E-state index in [0.717, 1.165) is 5.56 Å². The fourth-order valence-corrected chi connectivity index (χ4v) is 2.82. The Morgan fingerprint density at radius 3 is 2.87 bits per heavy atom.